The van der Waals surface area contributed by atoms with E-state index in [9.17, 15) is 10.1 Å². The first kappa shape index (κ1) is 19.6. The van der Waals surface area contributed by atoms with Crippen molar-refractivity contribution >= 4 is 40.2 Å². The summed E-state index contributed by atoms with van der Waals surface area (Å²) in [7, 11) is 0. The van der Waals surface area contributed by atoms with Gasteiger partial charge in [-0.05, 0) is 36.8 Å². The van der Waals surface area contributed by atoms with Crippen LogP contribution >= 0.6 is 11.6 Å². The zero-order valence-corrected chi connectivity index (χ0v) is 16.9. The maximum absolute atomic E-state index is 10.7. The summed E-state index contributed by atoms with van der Waals surface area (Å²) in [5.74, 6) is 0.430. The van der Waals surface area contributed by atoms with Gasteiger partial charge in [0, 0.05) is 39.8 Å². The smallest absolute Gasteiger partial charge is 0.287 e. The third-order valence-corrected chi connectivity index (χ3v) is 5.12. The Kier molecular flexibility index (Phi) is 5.45. The zero-order valence-electron chi connectivity index (χ0n) is 16.1. The number of hydrogen-bond acceptors (Lipinski definition) is 5. The topological polar surface area (TPSA) is 85.3 Å². The van der Waals surface area contributed by atoms with Gasteiger partial charge in [0.1, 0.15) is 12.0 Å². The number of hydrogen-bond donors (Lipinski definition) is 1. The van der Waals surface area contributed by atoms with Gasteiger partial charge in [-0.1, -0.05) is 41.9 Å². The molecule has 0 amide bonds. The molecule has 0 bridgehead atoms. The summed E-state index contributed by atoms with van der Waals surface area (Å²) >= 11 is 6.01. The molecule has 0 aliphatic carbocycles. The predicted octanol–water partition coefficient (Wildman–Crippen LogP) is 5.40. The molecule has 0 saturated carbocycles. The van der Waals surface area contributed by atoms with Crippen LogP contribution in [0.2, 0.25) is 5.02 Å². The molecule has 0 fully saturated rings. The van der Waals surface area contributed by atoms with Crippen LogP contribution in [0.1, 0.15) is 16.8 Å². The van der Waals surface area contributed by atoms with Crippen molar-refractivity contribution in [2.24, 2.45) is 5.10 Å². The van der Waals surface area contributed by atoms with Crippen LogP contribution in [-0.2, 0) is 6.54 Å². The summed E-state index contributed by atoms with van der Waals surface area (Å²) in [5.41, 5.74) is 7.10. The third-order valence-electron chi connectivity index (χ3n) is 4.87. The second kappa shape index (κ2) is 8.34. The molecule has 2 aromatic carbocycles. The maximum atomic E-state index is 10.7. The number of halogens is 1. The van der Waals surface area contributed by atoms with E-state index in [-0.39, 0.29) is 5.69 Å². The standard InChI is InChI=1S/C22H18ClN5O2/c1-15-20(13-25-26-22-11-10-18(12-24-22)28(29)30)19-4-2-3-5-21(19)27(15)14-16-6-8-17(23)9-7-16/h2-13H,14H2,1H3,(H,24,26)/b25-13+. The monoisotopic (exact) mass is 419 g/mol. The van der Waals surface area contributed by atoms with Crippen molar-refractivity contribution in [3.8, 4) is 0 Å². The van der Waals surface area contributed by atoms with Gasteiger partial charge in [0.25, 0.3) is 5.69 Å². The van der Waals surface area contributed by atoms with Gasteiger partial charge in [0.2, 0.25) is 0 Å². The summed E-state index contributed by atoms with van der Waals surface area (Å²) in [6.45, 7) is 2.77. The molecule has 0 radical (unpaired) electrons. The Balaban J connectivity index is 1.62. The lowest BCUT2D eigenvalue weighted by Crippen LogP contribution is -2.02. The molecule has 1 N–H and O–H groups in total. The number of pyridine rings is 1. The van der Waals surface area contributed by atoms with E-state index >= 15 is 0 Å². The number of nitro groups is 1. The van der Waals surface area contributed by atoms with Gasteiger partial charge >= 0.3 is 0 Å². The first-order valence-corrected chi connectivity index (χ1v) is 9.62. The van der Waals surface area contributed by atoms with Crippen LogP contribution in [-0.4, -0.2) is 20.7 Å². The molecule has 0 aliphatic rings. The molecule has 4 aromatic rings. The normalized spacial score (nSPS) is 11.3. The number of benzene rings is 2. The zero-order chi connectivity index (χ0) is 21.1. The van der Waals surface area contributed by atoms with Crippen molar-refractivity contribution in [2.45, 2.75) is 13.5 Å². The van der Waals surface area contributed by atoms with Crippen LogP contribution in [0.25, 0.3) is 10.9 Å². The minimum absolute atomic E-state index is 0.0642. The highest BCUT2D eigenvalue weighted by Crippen LogP contribution is 2.26. The number of rotatable bonds is 6. The van der Waals surface area contributed by atoms with Crippen molar-refractivity contribution in [2.75, 3.05) is 5.43 Å². The Morgan fingerprint density at radius 1 is 1.17 bits per heavy atom. The lowest BCUT2D eigenvalue weighted by atomic mass is 10.1. The van der Waals surface area contributed by atoms with Crippen molar-refractivity contribution in [3.63, 3.8) is 0 Å². The average Bonchev–Trinajstić information content (AvgIpc) is 3.01. The molecule has 7 nitrogen and oxygen atoms in total. The van der Waals surface area contributed by atoms with Crippen LogP contribution in [0.15, 0.2) is 72.0 Å². The van der Waals surface area contributed by atoms with Gasteiger partial charge in [-0.3, -0.25) is 15.5 Å². The number of hydrazone groups is 1. The molecule has 2 heterocycles. The molecule has 0 unspecified atom stereocenters. The van der Waals surface area contributed by atoms with E-state index in [0.717, 1.165) is 27.7 Å². The van der Waals surface area contributed by atoms with Gasteiger partial charge in [-0.15, -0.1) is 0 Å². The quantitative estimate of drug-likeness (QED) is 0.257. The lowest BCUT2D eigenvalue weighted by Gasteiger charge is -2.09. The first-order valence-electron chi connectivity index (χ1n) is 9.25. The summed E-state index contributed by atoms with van der Waals surface area (Å²) in [5, 5.41) is 16.8. The second-order valence-corrected chi connectivity index (χ2v) is 7.19. The van der Waals surface area contributed by atoms with Crippen LogP contribution in [0.5, 0.6) is 0 Å². The van der Waals surface area contributed by atoms with Crippen LogP contribution in [0, 0.1) is 17.0 Å². The fraction of sp³-hybridized carbons (Fsp3) is 0.0909. The molecular formula is C22H18ClN5O2. The Morgan fingerprint density at radius 2 is 1.93 bits per heavy atom. The van der Waals surface area contributed by atoms with E-state index < -0.39 is 4.92 Å². The van der Waals surface area contributed by atoms with Gasteiger partial charge in [0.05, 0.1) is 11.1 Å². The SMILES string of the molecule is Cc1c(/C=N/Nc2ccc([N+](=O)[O-])cn2)c2ccccc2n1Cc1ccc(Cl)cc1. The highest BCUT2D eigenvalue weighted by molar-refractivity contribution is 6.30. The van der Waals surface area contributed by atoms with E-state index in [0.29, 0.717) is 17.4 Å². The number of fused-ring (bicyclic) bond motifs is 1. The molecule has 0 atom stereocenters. The molecule has 150 valence electrons. The fourth-order valence-corrected chi connectivity index (χ4v) is 3.45. The van der Waals surface area contributed by atoms with Crippen LogP contribution in [0.4, 0.5) is 11.5 Å². The van der Waals surface area contributed by atoms with Gasteiger partial charge in [-0.2, -0.15) is 5.10 Å². The largest absolute Gasteiger partial charge is 0.340 e. The molecule has 8 heteroatoms. The summed E-state index contributed by atoms with van der Waals surface area (Å²) in [6.07, 6.45) is 2.94. The Morgan fingerprint density at radius 3 is 2.63 bits per heavy atom. The number of anilines is 1. The van der Waals surface area contributed by atoms with E-state index in [1.54, 1.807) is 6.21 Å². The van der Waals surface area contributed by atoms with Crippen LogP contribution < -0.4 is 5.43 Å². The molecule has 0 saturated heterocycles. The Labute approximate surface area is 177 Å². The third kappa shape index (κ3) is 4.01. The number of aromatic nitrogens is 2. The number of para-hydroxylation sites is 1. The van der Waals surface area contributed by atoms with E-state index in [4.69, 9.17) is 11.6 Å². The molecule has 0 spiro atoms. The van der Waals surface area contributed by atoms with Gasteiger partial charge < -0.3 is 4.57 Å². The van der Waals surface area contributed by atoms with Crippen LogP contribution in [0.3, 0.4) is 0 Å². The molecule has 2 aromatic heterocycles. The van der Waals surface area contributed by atoms with Crippen molar-refractivity contribution in [3.05, 3.63) is 98.8 Å². The lowest BCUT2D eigenvalue weighted by molar-refractivity contribution is -0.385. The summed E-state index contributed by atoms with van der Waals surface area (Å²) in [4.78, 5) is 14.2. The van der Waals surface area contributed by atoms with Gasteiger partial charge in [0.15, 0.2) is 0 Å². The maximum Gasteiger partial charge on any atom is 0.287 e. The second-order valence-electron chi connectivity index (χ2n) is 6.76. The number of nitrogens with one attached hydrogen (secondary N) is 1. The first-order chi connectivity index (χ1) is 14.5. The minimum Gasteiger partial charge on any atom is -0.340 e. The predicted molar refractivity (Wildman–Crippen MR) is 119 cm³/mol. The molecular weight excluding hydrogens is 402 g/mol. The van der Waals surface area contributed by atoms with Crippen molar-refractivity contribution in [1.29, 1.82) is 0 Å². The highest BCUT2D eigenvalue weighted by atomic mass is 35.5. The highest BCUT2D eigenvalue weighted by Gasteiger charge is 2.13. The van der Waals surface area contributed by atoms with Crippen molar-refractivity contribution < 1.29 is 4.92 Å². The van der Waals surface area contributed by atoms with E-state index in [2.05, 4.69) is 39.1 Å². The number of nitrogens with zero attached hydrogens (tertiary/aromatic N) is 4. The molecule has 0 aliphatic heterocycles. The van der Waals surface area contributed by atoms with Gasteiger partial charge in [-0.25, -0.2) is 4.98 Å². The van der Waals surface area contributed by atoms with E-state index in [1.165, 1.54) is 18.3 Å². The van der Waals surface area contributed by atoms with Crippen molar-refractivity contribution in [1.82, 2.24) is 9.55 Å². The molecule has 30 heavy (non-hydrogen) atoms. The fourth-order valence-electron chi connectivity index (χ4n) is 3.32. The summed E-state index contributed by atoms with van der Waals surface area (Å²) < 4.78 is 2.24. The minimum atomic E-state index is -0.487. The Hall–Kier alpha value is -3.71. The average molecular weight is 420 g/mol. The Bertz CT molecular complexity index is 1230. The molecule has 4 rings (SSSR count). The summed E-state index contributed by atoms with van der Waals surface area (Å²) in [6, 6.07) is 18.9. The van der Waals surface area contributed by atoms with E-state index in [1.807, 2.05) is 36.4 Å².